The van der Waals surface area contributed by atoms with Gasteiger partial charge in [0, 0.05) is 61.8 Å². The van der Waals surface area contributed by atoms with Gasteiger partial charge in [0.15, 0.2) is 5.82 Å². The van der Waals surface area contributed by atoms with Gasteiger partial charge in [0.1, 0.15) is 48.1 Å². The Kier molecular flexibility index (Phi) is 9.30. The average molecular weight is 754 g/mol. The van der Waals surface area contributed by atoms with Crippen LogP contribution >= 0.6 is 0 Å². The largest absolute Gasteiger partial charge is 0.475 e. The van der Waals surface area contributed by atoms with Crippen molar-refractivity contribution in [3.05, 3.63) is 66.3 Å². The number of amides is 1. The van der Waals surface area contributed by atoms with Crippen molar-refractivity contribution in [1.29, 1.82) is 0 Å². The van der Waals surface area contributed by atoms with Gasteiger partial charge in [0.05, 0.1) is 24.8 Å². The van der Waals surface area contributed by atoms with E-state index in [0.717, 1.165) is 23.8 Å². The van der Waals surface area contributed by atoms with E-state index in [4.69, 9.17) is 33.9 Å². The van der Waals surface area contributed by atoms with Crippen LogP contribution in [0.25, 0.3) is 38.5 Å². The average Bonchev–Trinajstić information content (AvgIpc) is 3.66. The number of carbonyl (C=O) groups is 1. The molecule has 0 saturated carbocycles. The van der Waals surface area contributed by atoms with Gasteiger partial charge < -0.3 is 34.1 Å². The number of anilines is 1. The summed E-state index contributed by atoms with van der Waals surface area (Å²) in [6, 6.07) is 8.48. The Morgan fingerprint density at radius 2 is 1.96 bits per heavy atom. The van der Waals surface area contributed by atoms with Crippen LogP contribution in [0.15, 0.2) is 49.1 Å². The van der Waals surface area contributed by atoms with Gasteiger partial charge in [-0.25, -0.2) is 18.6 Å². The molecule has 0 radical (unpaired) electrons. The normalized spacial score (nSPS) is 23.7. The summed E-state index contributed by atoms with van der Waals surface area (Å²) >= 11 is 0. The maximum absolute atomic E-state index is 17.3. The third-order valence-electron chi connectivity index (χ3n) is 11.9. The number of ether oxygens (including phenoxy) is 4. The number of fused-ring (bicyclic) bond motifs is 4. The lowest BCUT2D eigenvalue weighted by Crippen LogP contribution is -2.53. The SMILES string of the molecule is C=C1CN2C(COC(=O)N3CCOCC3)CCC2(COc2nc3c4c(nc(-c5cccc6ccc(F)c(C(=C)CC)c56)c(F)c4n2)OCC2CNCCN32)C1. The van der Waals surface area contributed by atoms with E-state index in [-0.39, 0.29) is 54.5 Å². The summed E-state index contributed by atoms with van der Waals surface area (Å²) in [6.07, 6.45) is 2.53. The van der Waals surface area contributed by atoms with E-state index in [0.29, 0.717) is 105 Å². The topological polar surface area (TPSA) is 114 Å². The molecule has 4 fully saturated rings. The fourth-order valence-corrected chi connectivity index (χ4v) is 9.05. The Labute approximate surface area is 318 Å². The molecule has 12 nitrogen and oxygen atoms in total. The van der Waals surface area contributed by atoms with Crippen LogP contribution in [-0.4, -0.2) is 121 Å². The minimum Gasteiger partial charge on any atom is -0.475 e. The van der Waals surface area contributed by atoms with E-state index >= 15 is 8.78 Å². The summed E-state index contributed by atoms with van der Waals surface area (Å²) in [5.41, 5.74) is 2.04. The van der Waals surface area contributed by atoms with E-state index in [1.807, 2.05) is 19.1 Å². The van der Waals surface area contributed by atoms with Crippen molar-refractivity contribution < 1.29 is 32.5 Å². The maximum atomic E-state index is 17.3. The molecule has 14 heteroatoms. The van der Waals surface area contributed by atoms with Crippen LogP contribution in [0.2, 0.25) is 0 Å². The van der Waals surface area contributed by atoms with Gasteiger partial charge in [-0.1, -0.05) is 49.9 Å². The number of rotatable bonds is 8. The monoisotopic (exact) mass is 753 g/mol. The molecule has 0 aliphatic carbocycles. The first kappa shape index (κ1) is 35.8. The zero-order valence-corrected chi connectivity index (χ0v) is 31.0. The molecule has 3 atom stereocenters. The molecule has 55 heavy (non-hydrogen) atoms. The van der Waals surface area contributed by atoms with Gasteiger partial charge in [-0.15, -0.1) is 0 Å². The second-order valence-corrected chi connectivity index (χ2v) is 15.2. The summed E-state index contributed by atoms with van der Waals surface area (Å²) in [7, 11) is 0. The molecule has 0 bridgehead atoms. The van der Waals surface area contributed by atoms with Gasteiger partial charge in [-0.05, 0) is 42.7 Å². The molecule has 0 spiro atoms. The molecule has 2 aromatic heterocycles. The highest BCUT2D eigenvalue weighted by atomic mass is 19.1. The Hall–Kier alpha value is -4.92. The Morgan fingerprint density at radius 3 is 2.80 bits per heavy atom. The van der Waals surface area contributed by atoms with Crippen molar-refractivity contribution in [2.24, 2.45) is 0 Å². The lowest BCUT2D eigenvalue weighted by Gasteiger charge is -2.36. The highest BCUT2D eigenvalue weighted by molar-refractivity contribution is 6.05. The first-order chi connectivity index (χ1) is 26.7. The molecule has 1 N–H and O–H groups in total. The van der Waals surface area contributed by atoms with Crippen molar-refractivity contribution in [2.75, 3.05) is 77.2 Å². The number of carbonyl (C=O) groups excluding carboxylic acids is 1. The Balaban J connectivity index is 1.09. The first-order valence-electron chi connectivity index (χ1n) is 19.2. The van der Waals surface area contributed by atoms with Crippen LogP contribution in [0.1, 0.15) is 38.2 Å². The van der Waals surface area contributed by atoms with E-state index in [1.165, 1.54) is 6.07 Å². The molecule has 2 aromatic carbocycles. The predicted molar refractivity (Wildman–Crippen MR) is 204 cm³/mol. The van der Waals surface area contributed by atoms with Crippen molar-refractivity contribution in [3.63, 3.8) is 0 Å². The number of halogens is 2. The van der Waals surface area contributed by atoms with Crippen LogP contribution in [0.3, 0.4) is 0 Å². The van der Waals surface area contributed by atoms with Crippen LogP contribution < -0.4 is 19.7 Å². The Bertz CT molecular complexity index is 2210. The molecule has 5 aliphatic rings. The molecule has 9 rings (SSSR count). The maximum Gasteiger partial charge on any atom is 0.409 e. The van der Waals surface area contributed by atoms with Gasteiger partial charge in [0.25, 0.3) is 0 Å². The van der Waals surface area contributed by atoms with Crippen LogP contribution in [0, 0.1) is 11.6 Å². The highest BCUT2D eigenvalue weighted by Crippen LogP contribution is 2.46. The number of aromatic nitrogens is 3. The molecular weight excluding hydrogens is 708 g/mol. The summed E-state index contributed by atoms with van der Waals surface area (Å²) in [6.45, 7) is 15.9. The Morgan fingerprint density at radius 1 is 1.11 bits per heavy atom. The van der Waals surface area contributed by atoms with E-state index in [2.05, 4.69) is 28.3 Å². The first-order valence-corrected chi connectivity index (χ1v) is 19.2. The second kappa shape index (κ2) is 14.3. The number of nitrogens with one attached hydrogen (secondary N) is 1. The smallest absolute Gasteiger partial charge is 0.409 e. The fraction of sp³-hybridized carbons (Fsp3) is 0.463. The summed E-state index contributed by atoms with van der Waals surface area (Å²) in [4.78, 5) is 33.4. The number of pyridine rings is 1. The molecule has 4 saturated heterocycles. The number of piperazine rings is 1. The fourth-order valence-electron chi connectivity index (χ4n) is 9.05. The third kappa shape index (κ3) is 6.24. The second-order valence-electron chi connectivity index (χ2n) is 15.2. The number of morpholine rings is 1. The minimum atomic E-state index is -0.675. The lowest BCUT2D eigenvalue weighted by molar-refractivity contribution is 0.0139. The molecule has 3 unspecified atom stereocenters. The number of hydrogen-bond acceptors (Lipinski definition) is 11. The van der Waals surface area contributed by atoms with Crippen molar-refractivity contribution >= 4 is 39.2 Å². The zero-order chi connectivity index (χ0) is 37.8. The van der Waals surface area contributed by atoms with E-state index in [1.54, 1.807) is 17.0 Å². The van der Waals surface area contributed by atoms with Crippen LogP contribution in [-0.2, 0) is 9.47 Å². The molecular formula is C41H45F2N7O5. The molecule has 4 aromatic rings. The number of benzene rings is 2. The summed E-state index contributed by atoms with van der Waals surface area (Å²) in [5.74, 6) is -0.384. The van der Waals surface area contributed by atoms with Crippen LogP contribution in [0.4, 0.5) is 19.4 Å². The lowest BCUT2D eigenvalue weighted by atomic mass is 9.92. The number of allylic oxidation sites excluding steroid dienone is 1. The zero-order valence-electron chi connectivity index (χ0n) is 31.0. The van der Waals surface area contributed by atoms with Crippen LogP contribution in [0.5, 0.6) is 11.9 Å². The number of nitrogens with zero attached hydrogens (tertiary/aromatic N) is 6. The van der Waals surface area contributed by atoms with Gasteiger partial charge in [0.2, 0.25) is 5.88 Å². The summed E-state index contributed by atoms with van der Waals surface area (Å²) < 4.78 is 56.9. The molecule has 288 valence electrons. The standard InChI is InChI=1S/C41H45F2N7O5/c1-4-25(3)31-30(42)9-8-26-6-5-7-29(32(26)31)35-34(43)36-33-37(49-13-12-44-19-28(49)22-53-38(33)45-35)47-39(46-36)55-23-41-11-10-27(50(41)20-24(2)18-41)21-54-40(51)48-14-16-52-17-15-48/h5-9,27-28,44H,2-4,10-23H2,1H3. The third-order valence-corrected chi connectivity index (χ3v) is 11.9. The predicted octanol–water partition coefficient (Wildman–Crippen LogP) is 5.73. The molecule has 5 aliphatic heterocycles. The molecule has 7 heterocycles. The van der Waals surface area contributed by atoms with Crippen molar-refractivity contribution in [2.45, 2.75) is 50.2 Å². The summed E-state index contributed by atoms with van der Waals surface area (Å²) in [5, 5.41) is 5.06. The van der Waals surface area contributed by atoms with Gasteiger partial charge in [-0.2, -0.15) is 9.97 Å². The quantitative estimate of drug-likeness (QED) is 0.223. The van der Waals surface area contributed by atoms with Crippen molar-refractivity contribution in [1.82, 2.24) is 30.1 Å². The molecule has 1 amide bonds. The van der Waals surface area contributed by atoms with Gasteiger partial charge >= 0.3 is 12.1 Å². The highest BCUT2D eigenvalue weighted by Gasteiger charge is 2.51. The van der Waals surface area contributed by atoms with E-state index in [9.17, 15) is 4.79 Å². The van der Waals surface area contributed by atoms with E-state index < -0.39 is 17.2 Å². The number of hydrogen-bond donors (Lipinski definition) is 1. The van der Waals surface area contributed by atoms with Crippen molar-refractivity contribution in [3.8, 4) is 23.1 Å². The van der Waals surface area contributed by atoms with Gasteiger partial charge in [-0.3, -0.25) is 4.90 Å². The minimum absolute atomic E-state index is 0.000396.